The van der Waals surface area contributed by atoms with Gasteiger partial charge in [0.25, 0.3) is 0 Å². The smallest absolute Gasteiger partial charge is 0.339 e. The first-order valence-electron chi connectivity index (χ1n) is 6.25. The van der Waals surface area contributed by atoms with Crippen LogP contribution >= 0.6 is 0 Å². The second-order valence-corrected chi connectivity index (χ2v) is 4.71. The predicted molar refractivity (Wildman–Crippen MR) is 74.0 cm³/mol. The minimum Gasteiger partial charge on any atom is -0.507 e. The number of carboxylic acid groups (broad SMARTS) is 1. The zero-order chi connectivity index (χ0) is 14.7. The van der Waals surface area contributed by atoms with Crippen LogP contribution in [0.5, 0.6) is 5.75 Å². The van der Waals surface area contributed by atoms with Crippen LogP contribution in [-0.4, -0.2) is 40.2 Å². The molecule has 0 bridgehead atoms. The predicted octanol–water partition coefficient (Wildman–Crippen LogP) is 2.27. The van der Waals surface area contributed by atoms with E-state index in [9.17, 15) is 14.7 Å². The summed E-state index contributed by atoms with van der Waals surface area (Å²) in [5.41, 5.74) is 1.43. The number of benzene rings is 1. The fraction of sp³-hybridized carbons (Fsp3) is 0.286. The van der Waals surface area contributed by atoms with Gasteiger partial charge in [-0.3, -0.25) is 0 Å². The van der Waals surface area contributed by atoms with Gasteiger partial charge in [0.2, 0.25) is 0 Å². The molecule has 6 nitrogen and oxygen atoms in total. The molecule has 106 valence electrons. The topological polar surface area (TPSA) is 89.9 Å². The van der Waals surface area contributed by atoms with Crippen molar-refractivity contribution in [3.05, 3.63) is 35.4 Å². The van der Waals surface area contributed by atoms with E-state index in [1.165, 1.54) is 23.8 Å². The van der Waals surface area contributed by atoms with Gasteiger partial charge in [0.05, 0.1) is 0 Å². The van der Waals surface area contributed by atoms with Gasteiger partial charge in [-0.1, -0.05) is 11.6 Å². The van der Waals surface area contributed by atoms with Gasteiger partial charge in [-0.25, -0.2) is 9.59 Å². The number of carboxylic acids is 1. The van der Waals surface area contributed by atoms with Gasteiger partial charge < -0.3 is 20.4 Å². The number of carbonyl (C=O) groups is 2. The van der Waals surface area contributed by atoms with Gasteiger partial charge in [-0.15, -0.1) is 0 Å². The van der Waals surface area contributed by atoms with Gasteiger partial charge in [-0.2, -0.15) is 0 Å². The van der Waals surface area contributed by atoms with Crippen molar-refractivity contribution in [2.24, 2.45) is 0 Å². The lowest BCUT2D eigenvalue weighted by Crippen LogP contribution is -2.37. The van der Waals surface area contributed by atoms with Crippen molar-refractivity contribution in [2.45, 2.75) is 13.3 Å². The number of hydrogen-bond donors (Lipinski definition) is 3. The molecule has 0 fully saturated rings. The molecule has 1 aliphatic rings. The number of rotatable bonds is 2. The highest BCUT2D eigenvalue weighted by atomic mass is 16.4. The molecule has 1 aliphatic heterocycles. The third kappa shape index (κ3) is 3.09. The summed E-state index contributed by atoms with van der Waals surface area (Å²) in [6.07, 6.45) is 2.84. The Morgan fingerprint density at radius 2 is 2.10 bits per heavy atom. The Kier molecular flexibility index (Phi) is 3.93. The fourth-order valence-corrected chi connectivity index (χ4v) is 1.95. The number of aromatic carboxylic acids is 1. The number of nitrogens with one attached hydrogen (secondary N) is 1. The summed E-state index contributed by atoms with van der Waals surface area (Å²) in [7, 11) is 0. The van der Waals surface area contributed by atoms with Gasteiger partial charge in [0.1, 0.15) is 11.3 Å². The van der Waals surface area contributed by atoms with Crippen LogP contribution in [0.25, 0.3) is 0 Å². The summed E-state index contributed by atoms with van der Waals surface area (Å²) in [6.45, 7) is 3.22. The van der Waals surface area contributed by atoms with E-state index in [0.29, 0.717) is 18.8 Å². The molecule has 0 aromatic heterocycles. The van der Waals surface area contributed by atoms with Crippen LogP contribution in [0.3, 0.4) is 0 Å². The number of phenols is 1. The lowest BCUT2D eigenvalue weighted by Gasteiger charge is -2.25. The number of nitrogens with zero attached hydrogens (tertiary/aromatic N) is 1. The first-order chi connectivity index (χ1) is 9.47. The molecule has 0 saturated heterocycles. The summed E-state index contributed by atoms with van der Waals surface area (Å²) in [4.78, 5) is 24.4. The monoisotopic (exact) mass is 276 g/mol. The minimum atomic E-state index is -1.21. The Morgan fingerprint density at radius 3 is 2.65 bits per heavy atom. The molecule has 0 unspecified atom stereocenters. The molecule has 0 atom stereocenters. The molecular formula is C14H16N2O4. The van der Waals surface area contributed by atoms with Crippen LogP contribution in [-0.2, 0) is 0 Å². The molecule has 1 aromatic carbocycles. The normalized spacial score (nSPS) is 14.7. The van der Waals surface area contributed by atoms with Crippen molar-refractivity contribution < 1.29 is 19.8 Å². The Hall–Kier alpha value is -2.50. The van der Waals surface area contributed by atoms with Crippen molar-refractivity contribution in [3.63, 3.8) is 0 Å². The number of amides is 2. The molecule has 1 aromatic rings. The summed E-state index contributed by atoms with van der Waals surface area (Å²) in [5.74, 6) is -1.58. The number of anilines is 1. The first kappa shape index (κ1) is 13.9. The van der Waals surface area contributed by atoms with E-state index in [4.69, 9.17) is 5.11 Å². The molecule has 6 heteroatoms. The SMILES string of the molecule is CC1=CCN(C(=O)Nc2ccc(C(=O)O)c(O)c2)CC1. The zero-order valence-corrected chi connectivity index (χ0v) is 11.1. The van der Waals surface area contributed by atoms with Crippen molar-refractivity contribution >= 4 is 17.7 Å². The Balaban J connectivity index is 2.05. The number of aromatic hydroxyl groups is 1. The van der Waals surface area contributed by atoms with Crippen LogP contribution in [0.1, 0.15) is 23.7 Å². The van der Waals surface area contributed by atoms with Gasteiger partial charge in [0, 0.05) is 24.8 Å². The van der Waals surface area contributed by atoms with Crippen molar-refractivity contribution in [3.8, 4) is 5.75 Å². The molecule has 0 spiro atoms. The van der Waals surface area contributed by atoms with Crippen LogP contribution in [0, 0.1) is 0 Å². The molecule has 0 radical (unpaired) electrons. The highest BCUT2D eigenvalue weighted by Crippen LogP contribution is 2.22. The van der Waals surface area contributed by atoms with Crippen LogP contribution in [0.15, 0.2) is 29.8 Å². The third-order valence-electron chi connectivity index (χ3n) is 3.20. The van der Waals surface area contributed by atoms with Crippen molar-refractivity contribution in [2.75, 3.05) is 18.4 Å². The molecule has 20 heavy (non-hydrogen) atoms. The largest absolute Gasteiger partial charge is 0.507 e. The van der Waals surface area contributed by atoms with Crippen LogP contribution in [0.2, 0.25) is 0 Å². The van der Waals surface area contributed by atoms with Crippen LogP contribution < -0.4 is 5.32 Å². The molecule has 3 N–H and O–H groups in total. The standard InChI is InChI=1S/C14H16N2O4/c1-9-4-6-16(7-5-9)14(20)15-10-2-3-11(13(18)19)12(17)8-10/h2-4,8,17H,5-7H2,1H3,(H,15,20)(H,18,19). The maximum Gasteiger partial charge on any atom is 0.339 e. The molecule has 2 rings (SSSR count). The third-order valence-corrected chi connectivity index (χ3v) is 3.20. The Labute approximate surface area is 116 Å². The van der Waals surface area contributed by atoms with Gasteiger partial charge >= 0.3 is 12.0 Å². The maximum atomic E-state index is 12.0. The summed E-state index contributed by atoms with van der Waals surface area (Å²) in [6, 6.07) is 3.67. The first-order valence-corrected chi connectivity index (χ1v) is 6.25. The Morgan fingerprint density at radius 1 is 1.35 bits per heavy atom. The highest BCUT2D eigenvalue weighted by molar-refractivity contribution is 5.94. The molecule has 2 amide bonds. The minimum absolute atomic E-state index is 0.195. The molecular weight excluding hydrogens is 260 g/mol. The highest BCUT2D eigenvalue weighted by Gasteiger charge is 2.16. The van der Waals surface area contributed by atoms with E-state index in [1.54, 1.807) is 4.90 Å². The lowest BCUT2D eigenvalue weighted by atomic mass is 10.1. The number of urea groups is 1. The molecule has 0 aliphatic carbocycles. The second kappa shape index (κ2) is 5.64. The summed E-state index contributed by atoms with van der Waals surface area (Å²) < 4.78 is 0. The fourth-order valence-electron chi connectivity index (χ4n) is 1.95. The van der Waals surface area contributed by atoms with Crippen molar-refractivity contribution in [1.82, 2.24) is 4.90 Å². The maximum absolute atomic E-state index is 12.0. The average Bonchev–Trinajstić information content (AvgIpc) is 2.39. The van der Waals surface area contributed by atoms with E-state index in [1.807, 2.05) is 13.0 Å². The van der Waals surface area contributed by atoms with Crippen molar-refractivity contribution in [1.29, 1.82) is 0 Å². The van der Waals surface area contributed by atoms with E-state index in [0.717, 1.165) is 6.42 Å². The summed E-state index contributed by atoms with van der Waals surface area (Å²) in [5, 5.41) is 21.0. The molecule has 0 saturated carbocycles. The second-order valence-electron chi connectivity index (χ2n) is 4.71. The number of hydrogen-bond acceptors (Lipinski definition) is 3. The van der Waals surface area contributed by atoms with Gasteiger partial charge in [0.15, 0.2) is 0 Å². The zero-order valence-electron chi connectivity index (χ0n) is 11.1. The Bertz CT molecular complexity index is 581. The van der Waals surface area contributed by atoms with E-state index in [2.05, 4.69) is 5.32 Å². The average molecular weight is 276 g/mol. The van der Waals surface area contributed by atoms with E-state index in [-0.39, 0.29) is 17.3 Å². The van der Waals surface area contributed by atoms with E-state index >= 15 is 0 Å². The lowest BCUT2D eigenvalue weighted by molar-refractivity contribution is 0.0694. The molecule has 1 heterocycles. The van der Waals surface area contributed by atoms with Crippen LogP contribution in [0.4, 0.5) is 10.5 Å². The number of carbonyl (C=O) groups excluding carboxylic acids is 1. The van der Waals surface area contributed by atoms with E-state index < -0.39 is 5.97 Å². The van der Waals surface area contributed by atoms with Gasteiger partial charge in [-0.05, 0) is 25.5 Å². The quantitative estimate of drug-likeness (QED) is 0.723. The summed E-state index contributed by atoms with van der Waals surface area (Å²) >= 11 is 0.